The average molecular weight is 449 g/mol. The molecule has 1 aromatic carbocycles. The van der Waals surface area contributed by atoms with Crippen LogP contribution in [0, 0.1) is 0 Å². The zero-order chi connectivity index (χ0) is 21.8. The van der Waals surface area contributed by atoms with Crippen molar-refractivity contribution in [1.29, 1.82) is 0 Å². The van der Waals surface area contributed by atoms with Crippen molar-refractivity contribution in [2.75, 3.05) is 46.0 Å². The van der Waals surface area contributed by atoms with E-state index in [1.807, 2.05) is 0 Å². The van der Waals surface area contributed by atoms with Crippen LogP contribution >= 0.6 is 0 Å². The molecule has 0 aliphatic carbocycles. The number of ether oxygens (including phenoxy) is 1. The van der Waals surface area contributed by atoms with E-state index < -0.39 is 26.7 Å². The van der Waals surface area contributed by atoms with Crippen LogP contribution in [0.2, 0.25) is 0 Å². The fourth-order valence-electron chi connectivity index (χ4n) is 3.04. The molecule has 0 spiro atoms. The van der Waals surface area contributed by atoms with Gasteiger partial charge >= 0.3 is 6.18 Å². The van der Waals surface area contributed by atoms with Gasteiger partial charge in [0.15, 0.2) is 6.61 Å². The first-order valence-electron chi connectivity index (χ1n) is 9.28. The summed E-state index contributed by atoms with van der Waals surface area (Å²) < 4.78 is 70.2. The lowest BCUT2D eigenvalue weighted by Crippen LogP contribution is -2.43. The Morgan fingerprint density at radius 3 is 2.57 bits per heavy atom. The second kappa shape index (κ2) is 9.33. The van der Waals surface area contributed by atoms with E-state index in [-0.39, 0.29) is 32.0 Å². The number of hydroxylamine groups is 1. The van der Waals surface area contributed by atoms with Crippen molar-refractivity contribution in [3.8, 4) is 0 Å². The molecule has 166 valence electrons. The third-order valence-corrected chi connectivity index (χ3v) is 6.59. The molecule has 12 heteroatoms. The van der Waals surface area contributed by atoms with E-state index >= 15 is 0 Å². The van der Waals surface area contributed by atoms with E-state index in [4.69, 9.17) is 9.57 Å². The fraction of sp³-hybridized carbons (Fsp3) is 0.500. The molecule has 0 saturated carbocycles. The topological polar surface area (TPSA) is 88.2 Å². The Kier molecular flexibility index (Phi) is 7.01. The number of nitrogens with zero attached hydrogens (tertiary/aromatic N) is 2. The molecule has 2 aliphatic heterocycles. The summed E-state index contributed by atoms with van der Waals surface area (Å²) in [5.74, 6) is -0.184. The number of carbonyl (C=O) groups excluding carboxylic acids is 1. The third-order valence-electron chi connectivity index (χ3n) is 4.73. The van der Waals surface area contributed by atoms with E-state index in [2.05, 4.69) is 5.48 Å². The van der Waals surface area contributed by atoms with Gasteiger partial charge in [0.2, 0.25) is 10.0 Å². The van der Waals surface area contributed by atoms with Gasteiger partial charge in [0.25, 0.3) is 5.91 Å². The normalized spacial score (nSPS) is 18.8. The average Bonchev–Trinajstić information content (AvgIpc) is 2.74. The summed E-state index contributed by atoms with van der Waals surface area (Å²) in [6, 6.07) is 3.67. The number of rotatable bonds is 6. The number of carbonyl (C=O) groups is 1. The molecule has 1 fully saturated rings. The summed E-state index contributed by atoms with van der Waals surface area (Å²) in [7, 11) is -4.07. The van der Waals surface area contributed by atoms with Gasteiger partial charge in [-0.25, -0.2) is 8.42 Å². The van der Waals surface area contributed by atoms with Gasteiger partial charge in [-0.2, -0.15) is 17.5 Å². The third kappa shape index (κ3) is 5.50. The van der Waals surface area contributed by atoms with Crippen LogP contribution in [0.1, 0.15) is 12.0 Å². The Bertz CT molecular complexity index is 899. The van der Waals surface area contributed by atoms with Crippen molar-refractivity contribution in [1.82, 2.24) is 14.7 Å². The standard InChI is InChI=1S/C18H22F3N3O5S/c19-18(20,21)14-2-1-3-16(12-14)30(26,27)24-6-4-15(5-7-24)22-29-13-17(25)23-8-10-28-11-9-23/h1-4,12,22H,5-11,13H2. The van der Waals surface area contributed by atoms with Crippen LogP contribution in [-0.2, 0) is 30.6 Å². The van der Waals surface area contributed by atoms with Gasteiger partial charge < -0.3 is 9.64 Å². The summed E-state index contributed by atoms with van der Waals surface area (Å²) in [5.41, 5.74) is 2.23. The van der Waals surface area contributed by atoms with Crippen LogP contribution in [0.15, 0.2) is 40.9 Å². The summed E-state index contributed by atoms with van der Waals surface area (Å²) in [6.45, 7) is 1.85. The summed E-state index contributed by atoms with van der Waals surface area (Å²) in [6.07, 6.45) is -2.79. The molecule has 2 heterocycles. The lowest BCUT2D eigenvalue weighted by molar-refractivity contribution is -0.142. The van der Waals surface area contributed by atoms with E-state index in [9.17, 15) is 26.4 Å². The quantitative estimate of drug-likeness (QED) is 0.660. The van der Waals surface area contributed by atoms with Crippen LogP contribution in [-0.4, -0.2) is 69.5 Å². The molecule has 2 aliphatic rings. The first-order chi connectivity index (χ1) is 14.2. The predicted molar refractivity (Wildman–Crippen MR) is 99.4 cm³/mol. The van der Waals surface area contributed by atoms with Crippen molar-refractivity contribution in [2.24, 2.45) is 0 Å². The summed E-state index contributed by atoms with van der Waals surface area (Å²) in [5, 5.41) is 0. The number of sulfonamides is 1. The summed E-state index contributed by atoms with van der Waals surface area (Å²) >= 11 is 0. The van der Waals surface area contributed by atoms with Gasteiger partial charge in [0.05, 0.1) is 23.7 Å². The molecule has 0 bridgehead atoms. The van der Waals surface area contributed by atoms with Gasteiger partial charge in [-0.15, -0.1) is 0 Å². The Morgan fingerprint density at radius 1 is 1.20 bits per heavy atom. The number of amides is 1. The van der Waals surface area contributed by atoms with Crippen LogP contribution < -0.4 is 5.48 Å². The number of nitrogens with one attached hydrogen (secondary N) is 1. The molecule has 30 heavy (non-hydrogen) atoms. The van der Waals surface area contributed by atoms with Crippen molar-refractivity contribution < 1.29 is 36.0 Å². The molecular weight excluding hydrogens is 427 g/mol. The second-order valence-electron chi connectivity index (χ2n) is 6.75. The minimum absolute atomic E-state index is 0.0261. The monoisotopic (exact) mass is 449 g/mol. The van der Waals surface area contributed by atoms with E-state index in [0.29, 0.717) is 38.1 Å². The zero-order valence-corrected chi connectivity index (χ0v) is 16.8. The molecule has 8 nitrogen and oxygen atoms in total. The highest BCUT2D eigenvalue weighted by Crippen LogP contribution is 2.31. The van der Waals surface area contributed by atoms with Gasteiger partial charge in [-0.1, -0.05) is 6.07 Å². The van der Waals surface area contributed by atoms with Crippen molar-refractivity contribution in [2.45, 2.75) is 17.5 Å². The van der Waals surface area contributed by atoms with Crippen LogP contribution in [0.5, 0.6) is 0 Å². The van der Waals surface area contributed by atoms with Crippen LogP contribution in [0.25, 0.3) is 0 Å². The van der Waals surface area contributed by atoms with E-state index in [1.165, 1.54) is 0 Å². The number of hydrogen-bond acceptors (Lipinski definition) is 6. The van der Waals surface area contributed by atoms with Crippen molar-refractivity contribution in [3.63, 3.8) is 0 Å². The van der Waals surface area contributed by atoms with Gasteiger partial charge in [-0.05, 0) is 24.3 Å². The number of hydrogen-bond donors (Lipinski definition) is 1. The minimum atomic E-state index is -4.62. The predicted octanol–water partition coefficient (Wildman–Crippen LogP) is 1.36. The Balaban J connectivity index is 1.54. The molecule has 0 aromatic heterocycles. The largest absolute Gasteiger partial charge is 0.416 e. The smallest absolute Gasteiger partial charge is 0.378 e. The minimum Gasteiger partial charge on any atom is -0.378 e. The Morgan fingerprint density at radius 2 is 1.93 bits per heavy atom. The molecule has 1 N–H and O–H groups in total. The van der Waals surface area contributed by atoms with Crippen LogP contribution in [0.4, 0.5) is 13.2 Å². The maximum Gasteiger partial charge on any atom is 0.416 e. The van der Waals surface area contributed by atoms with Crippen molar-refractivity contribution in [3.05, 3.63) is 41.6 Å². The highest BCUT2D eigenvalue weighted by molar-refractivity contribution is 7.89. The van der Waals surface area contributed by atoms with Crippen LogP contribution in [0.3, 0.4) is 0 Å². The summed E-state index contributed by atoms with van der Waals surface area (Å²) in [4.78, 5) is 18.4. The molecule has 0 radical (unpaired) electrons. The SMILES string of the molecule is O=C(CONC1=CCN(S(=O)(=O)c2cccc(C(F)(F)F)c2)CC1)N1CCOCC1. The molecule has 1 amide bonds. The second-order valence-corrected chi connectivity index (χ2v) is 8.69. The number of alkyl halides is 3. The molecule has 3 rings (SSSR count). The molecular formula is C18H22F3N3O5S. The number of morpholine rings is 1. The Labute approximate surface area is 172 Å². The first kappa shape index (κ1) is 22.5. The maximum atomic E-state index is 12.9. The van der Waals surface area contributed by atoms with Gasteiger partial charge in [0.1, 0.15) is 0 Å². The molecule has 0 unspecified atom stereocenters. The lowest BCUT2D eigenvalue weighted by atomic mass is 10.2. The van der Waals surface area contributed by atoms with E-state index in [1.54, 1.807) is 11.0 Å². The van der Waals surface area contributed by atoms with Gasteiger partial charge in [-0.3, -0.25) is 15.1 Å². The fourth-order valence-corrected chi connectivity index (χ4v) is 4.47. The number of benzene rings is 1. The number of halogens is 3. The van der Waals surface area contributed by atoms with E-state index in [0.717, 1.165) is 22.5 Å². The highest BCUT2D eigenvalue weighted by Gasteiger charge is 2.33. The molecule has 0 atom stereocenters. The molecule has 1 saturated heterocycles. The van der Waals surface area contributed by atoms with Gasteiger partial charge in [0, 0.05) is 38.3 Å². The molecule has 1 aromatic rings. The highest BCUT2D eigenvalue weighted by atomic mass is 32.2. The lowest BCUT2D eigenvalue weighted by Gasteiger charge is -2.28. The first-order valence-corrected chi connectivity index (χ1v) is 10.7. The maximum absolute atomic E-state index is 12.9. The van der Waals surface area contributed by atoms with Crippen molar-refractivity contribution >= 4 is 15.9 Å². The zero-order valence-electron chi connectivity index (χ0n) is 16.0. The Hall–Kier alpha value is -2.15.